The highest BCUT2D eigenvalue weighted by Crippen LogP contribution is 2.29. The predicted molar refractivity (Wildman–Crippen MR) is 95.5 cm³/mol. The van der Waals surface area contributed by atoms with Gasteiger partial charge < -0.3 is 21.5 Å². The molecule has 6 nitrogen and oxygen atoms in total. The minimum Gasteiger partial charge on any atom is -0.457 e. The minimum atomic E-state index is -0.768. The largest absolute Gasteiger partial charge is 0.457 e. The summed E-state index contributed by atoms with van der Waals surface area (Å²) in [6.07, 6.45) is 3.39. The van der Waals surface area contributed by atoms with Crippen molar-refractivity contribution in [2.24, 2.45) is 11.5 Å². The first kappa shape index (κ1) is 17.0. The first-order chi connectivity index (χ1) is 12.0. The maximum atomic E-state index is 12.3. The van der Waals surface area contributed by atoms with Crippen LogP contribution in [0.1, 0.15) is 36.0 Å². The molecule has 0 aliphatic heterocycles. The highest BCUT2D eigenvalue weighted by molar-refractivity contribution is 5.98. The normalized spacial score (nSPS) is 15.6. The predicted octanol–water partition coefficient (Wildman–Crippen LogP) is 2.79. The van der Waals surface area contributed by atoms with E-state index in [2.05, 4.69) is 5.32 Å². The fourth-order valence-electron chi connectivity index (χ4n) is 2.98. The number of carbonyl (C=O) groups is 2. The maximum absolute atomic E-state index is 12.3. The third-order valence-electron chi connectivity index (χ3n) is 4.44. The zero-order valence-corrected chi connectivity index (χ0v) is 13.8. The summed E-state index contributed by atoms with van der Waals surface area (Å²) in [5.41, 5.74) is 11.7. The van der Waals surface area contributed by atoms with E-state index in [-0.39, 0.29) is 5.91 Å². The number of rotatable bonds is 5. The van der Waals surface area contributed by atoms with E-state index in [9.17, 15) is 9.59 Å². The van der Waals surface area contributed by atoms with Crippen LogP contribution in [0.5, 0.6) is 11.5 Å². The third-order valence-corrected chi connectivity index (χ3v) is 4.44. The van der Waals surface area contributed by atoms with E-state index in [0.29, 0.717) is 35.6 Å². The first-order valence-electron chi connectivity index (χ1n) is 8.25. The molecule has 2 aromatic rings. The number of primary amides is 1. The van der Waals surface area contributed by atoms with Gasteiger partial charge in [-0.05, 0) is 49.2 Å². The van der Waals surface area contributed by atoms with E-state index in [4.69, 9.17) is 16.2 Å². The number of hydrogen-bond donors (Lipinski definition) is 3. The zero-order valence-electron chi connectivity index (χ0n) is 13.8. The molecule has 0 atom stereocenters. The van der Waals surface area contributed by atoms with Crippen LogP contribution in [0, 0.1) is 0 Å². The number of nitrogens with one attached hydrogen (secondary N) is 1. The van der Waals surface area contributed by atoms with Gasteiger partial charge in [-0.3, -0.25) is 9.59 Å². The van der Waals surface area contributed by atoms with Gasteiger partial charge in [-0.2, -0.15) is 0 Å². The van der Waals surface area contributed by atoms with Gasteiger partial charge in [-0.15, -0.1) is 0 Å². The molecule has 1 aliphatic rings. The van der Waals surface area contributed by atoms with Gasteiger partial charge in [-0.1, -0.05) is 25.0 Å². The van der Waals surface area contributed by atoms with Crippen molar-refractivity contribution in [3.63, 3.8) is 0 Å². The Morgan fingerprint density at radius 1 is 1.00 bits per heavy atom. The molecule has 1 aliphatic carbocycles. The Bertz CT molecular complexity index is 781. The van der Waals surface area contributed by atoms with Crippen molar-refractivity contribution in [1.82, 2.24) is 0 Å². The summed E-state index contributed by atoms with van der Waals surface area (Å²) < 4.78 is 5.71. The smallest absolute Gasteiger partial charge is 0.252 e. The van der Waals surface area contributed by atoms with Crippen LogP contribution in [0.3, 0.4) is 0 Å². The number of carbonyl (C=O) groups excluding carboxylic acids is 2. The molecule has 130 valence electrons. The van der Waals surface area contributed by atoms with Crippen LogP contribution in [-0.4, -0.2) is 17.4 Å². The van der Waals surface area contributed by atoms with Crippen LogP contribution in [0.2, 0.25) is 0 Å². The van der Waals surface area contributed by atoms with E-state index < -0.39 is 11.4 Å². The highest BCUT2D eigenvalue weighted by atomic mass is 16.5. The number of para-hydroxylation sites is 1. The van der Waals surface area contributed by atoms with Crippen molar-refractivity contribution in [3.05, 3.63) is 54.1 Å². The topological polar surface area (TPSA) is 107 Å². The number of nitrogens with two attached hydrogens (primary N) is 2. The molecule has 0 spiro atoms. The Labute approximate surface area is 146 Å². The Morgan fingerprint density at radius 3 is 2.28 bits per heavy atom. The maximum Gasteiger partial charge on any atom is 0.252 e. The Balaban J connectivity index is 1.69. The lowest BCUT2D eigenvalue weighted by molar-refractivity contribution is -0.121. The summed E-state index contributed by atoms with van der Waals surface area (Å²) in [7, 11) is 0. The van der Waals surface area contributed by atoms with Crippen LogP contribution in [0.15, 0.2) is 48.5 Å². The summed E-state index contributed by atoms with van der Waals surface area (Å²) >= 11 is 0. The molecule has 1 saturated carbocycles. The Morgan fingerprint density at radius 2 is 1.64 bits per heavy atom. The van der Waals surface area contributed by atoms with Crippen LogP contribution in [0.4, 0.5) is 5.69 Å². The number of ether oxygens (including phenoxy) is 1. The molecule has 2 amide bonds. The quantitative estimate of drug-likeness (QED) is 0.778. The summed E-state index contributed by atoms with van der Waals surface area (Å²) in [6, 6.07) is 13.7. The lowest BCUT2D eigenvalue weighted by Crippen LogP contribution is -2.48. The molecular weight excluding hydrogens is 318 g/mol. The number of anilines is 1. The summed E-state index contributed by atoms with van der Waals surface area (Å²) in [5.74, 6) is 0.218. The van der Waals surface area contributed by atoms with E-state index in [1.54, 1.807) is 48.5 Å². The second-order valence-corrected chi connectivity index (χ2v) is 6.30. The van der Waals surface area contributed by atoms with Crippen molar-refractivity contribution in [3.8, 4) is 11.5 Å². The molecule has 1 fully saturated rings. The summed E-state index contributed by atoms with van der Waals surface area (Å²) in [6.45, 7) is 0. The van der Waals surface area contributed by atoms with Gasteiger partial charge in [-0.25, -0.2) is 0 Å². The van der Waals surface area contributed by atoms with Gasteiger partial charge in [0.2, 0.25) is 5.91 Å². The second-order valence-electron chi connectivity index (χ2n) is 6.30. The Hall–Kier alpha value is -2.86. The van der Waals surface area contributed by atoms with E-state index >= 15 is 0 Å². The molecule has 3 rings (SSSR count). The summed E-state index contributed by atoms with van der Waals surface area (Å²) in [5, 5.41) is 2.85. The number of benzene rings is 2. The molecule has 0 bridgehead atoms. The first-order valence-corrected chi connectivity index (χ1v) is 8.25. The molecule has 0 unspecified atom stereocenters. The van der Waals surface area contributed by atoms with E-state index in [1.165, 1.54) is 0 Å². The van der Waals surface area contributed by atoms with E-state index in [0.717, 1.165) is 12.8 Å². The molecule has 5 N–H and O–H groups in total. The van der Waals surface area contributed by atoms with E-state index in [1.807, 2.05) is 0 Å². The molecule has 25 heavy (non-hydrogen) atoms. The van der Waals surface area contributed by atoms with Gasteiger partial charge in [0.15, 0.2) is 0 Å². The molecule has 6 heteroatoms. The molecule has 0 aromatic heterocycles. The Kier molecular flexibility index (Phi) is 4.72. The average Bonchev–Trinajstić information content (AvgIpc) is 3.05. The van der Waals surface area contributed by atoms with Crippen LogP contribution in [0.25, 0.3) is 0 Å². The fourth-order valence-corrected chi connectivity index (χ4v) is 2.98. The van der Waals surface area contributed by atoms with Crippen molar-refractivity contribution >= 4 is 17.5 Å². The molecule has 0 radical (unpaired) electrons. The second kappa shape index (κ2) is 6.94. The minimum absolute atomic E-state index is 0.155. The summed E-state index contributed by atoms with van der Waals surface area (Å²) in [4.78, 5) is 23.7. The fraction of sp³-hybridized carbons (Fsp3) is 0.263. The number of amides is 2. The van der Waals surface area contributed by atoms with Gasteiger partial charge in [0, 0.05) is 5.69 Å². The lowest BCUT2D eigenvalue weighted by atomic mass is 9.98. The standard InChI is InChI=1S/C19H21N3O3/c20-17(23)15-5-1-2-6-16(15)25-14-9-7-13(8-10-14)22-18(24)19(21)11-3-4-12-19/h1-2,5-10H,3-4,11-12,21H2,(H2,20,23)(H,22,24). The SMILES string of the molecule is NC(=O)c1ccccc1Oc1ccc(NC(=O)C2(N)CCCC2)cc1. The molecule has 0 heterocycles. The van der Waals surface area contributed by atoms with Crippen molar-refractivity contribution < 1.29 is 14.3 Å². The molecular formula is C19H21N3O3. The molecule has 2 aromatic carbocycles. The molecule has 0 saturated heterocycles. The van der Waals surface area contributed by atoms with Gasteiger partial charge in [0.05, 0.1) is 11.1 Å². The monoisotopic (exact) mass is 339 g/mol. The lowest BCUT2D eigenvalue weighted by Gasteiger charge is -2.22. The van der Waals surface area contributed by atoms with Gasteiger partial charge >= 0.3 is 0 Å². The zero-order chi connectivity index (χ0) is 17.9. The van der Waals surface area contributed by atoms with Crippen LogP contribution in [-0.2, 0) is 4.79 Å². The van der Waals surface area contributed by atoms with Crippen LogP contribution >= 0.6 is 0 Å². The van der Waals surface area contributed by atoms with Crippen LogP contribution < -0.4 is 21.5 Å². The van der Waals surface area contributed by atoms with Gasteiger partial charge in [0.1, 0.15) is 11.5 Å². The van der Waals surface area contributed by atoms with Crippen molar-refractivity contribution in [1.29, 1.82) is 0 Å². The average molecular weight is 339 g/mol. The van der Waals surface area contributed by atoms with Crippen molar-refractivity contribution in [2.75, 3.05) is 5.32 Å². The number of hydrogen-bond acceptors (Lipinski definition) is 4. The highest BCUT2D eigenvalue weighted by Gasteiger charge is 2.36. The van der Waals surface area contributed by atoms with Gasteiger partial charge in [0.25, 0.3) is 5.91 Å². The van der Waals surface area contributed by atoms with Crippen molar-refractivity contribution in [2.45, 2.75) is 31.2 Å². The third kappa shape index (κ3) is 3.80.